The monoisotopic (exact) mass is 339 g/mol. The Kier molecular flexibility index (Phi) is 4.47. The quantitative estimate of drug-likeness (QED) is 0.836. The molecule has 1 aromatic carbocycles. The van der Waals surface area contributed by atoms with Gasteiger partial charge in [-0.1, -0.05) is 12.1 Å². The molecule has 1 saturated carbocycles. The van der Waals surface area contributed by atoms with E-state index in [2.05, 4.69) is 5.10 Å². The van der Waals surface area contributed by atoms with E-state index in [1.165, 1.54) is 12.8 Å². The summed E-state index contributed by atoms with van der Waals surface area (Å²) in [4.78, 5) is 15.3. The Morgan fingerprint density at radius 2 is 2.08 bits per heavy atom. The van der Waals surface area contributed by atoms with Crippen LogP contribution in [0.2, 0.25) is 0 Å². The molecule has 4 rings (SSSR count). The number of amides is 1. The number of para-hydroxylation sites is 1. The molecule has 0 N–H and O–H groups in total. The summed E-state index contributed by atoms with van der Waals surface area (Å²) < 4.78 is 7.76. The molecule has 0 bridgehead atoms. The van der Waals surface area contributed by atoms with Gasteiger partial charge in [0.25, 0.3) is 5.91 Å². The van der Waals surface area contributed by atoms with Crippen molar-refractivity contribution in [2.75, 3.05) is 13.2 Å². The van der Waals surface area contributed by atoms with Crippen molar-refractivity contribution in [3.8, 4) is 5.75 Å². The Labute approximate surface area is 148 Å². The van der Waals surface area contributed by atoms with Crippen LogP contribution < -0.4 is 4.74 Å². The molecule has 1 atom stereocenters. The van der Waals surface area contributed by atoms with Gasteiger partial charge in [-0.3, -0.25) is 9.48 Å². The van der Waals surface area contributed by atoms with E-state index in [-0.39, 0.29) is 11.9 Å². The maximum atomic E-state index is 13.3. The van der Waals surface area contributed by atoms with Crippen molar-refractivity contribution in [3.63, 3.8) is 0 Å². The number of likely N-dealkylation sites (tertiary alicyclic amines) is 1. The number of rotatable bonds is 5. The van der Waals surface area contributed by atoms with E-state index in [0.717, 1.165) is 43.7 Å². The fraction of sp³-hybridized carbons (Fsp3) is 0.500. The number of aryl methyl sites for hydroxylation is 1. The molecular weight excluding hydrogens is 314 g/mol. The second kappa shape index (κ2) is 6.90. The second-order valence-electron chi connectivity index (χ2n) is 7.21. The molecular formula is C20H25N3O2. The molecule has 1 amide bonds. The molecule has 5 nitrogen and oxygen atoms in total. The summed E-state index contributed by atoms with van der Waals surface area (Å²) in [6, 6.07) is 7.76. The number of carbonyl (C=O) groups excluding carboxylic acids is 1. The summed E-state index contributed by atoms with van der Waals surface area (Å²) in [5.41, 5.74) is 1.80. The Morgan fingerprint density at radius 3 is 2.84 bits per heavy atom. The number of aromatic nitrogens is 2. The van der Waals surface area contributed by atoms with Gasteiger partial charge in [-0.25, -0.2) is 0 Å². The van der Waals surface area contributed by atoms with Crippen molar-refractivity contribution >= 4 is 5.91 Å². The highest BCUT2D eigenvalue weighted by atomic mass is 16.5. The number of piperidine rings is 1. The zero-order valence-corrected chi connectivity index (χ0v) is 14.7. The first-order valence-electron chi connectivity index (χ1n) is 9.23. The molecule has 1 aromatic heterocycles. The molecule has 2 aromatic rings. The van der Waals surface area contributed by atoms with Crippen molar-refractivity contribution in [2.24, 2.45) is 13.0 Å². The zero-order chi connectivity index (χ0) is 17.2. The number of ether oxygens (including phenoxy) is 1. The van der Waals surface area contributed by atoms with Gasteiger partial charge in [-0.2, -0.15) is 5.10 Å². The van der Waals surface area contributed by atoms with Crippen LogP contribution in [0, 0.1) is 5.92 Å². The van der Waals surface area contributed by atoms with Crippen molar-refractivity contribution in [1.82, 2.24) is 14.7 Å². The largest absolute Gasteiger partial charge is 0.492 e. The van der Waals surface area contributed by atoms with Gasteiger partial charge in [0.05, 0.1) is 24.4 Å². The van der Waals surface area contributed by atoms with Crippen LogP contribution in [0.1, 0.15) is 54.1 Å². The lowest BCUT2D eigenvalue weighted by Crippen LogP contribution is -2.38. The highest BCUT2D eigenvalue weighted by molar-refractivity contribution is 5.97. The molecule has 1 unspecified atom stereocenters. The molecule has 132 valence electrons. The first-order chi connectivity index (χ1) is 12.2. The van der Waals surface area contributed by atoms with Crippen molar-refractivity contribution < 1.29 is 9.53 Å². The Morgan fingerprint density at radius 1 is 1.24 bits per heavy atom. The number of hydrogen-bond donors (Lipinski definition) is 0. The maximum Gasteiger partial charge on any atom is 0.258 e. The van der Waals surface area contributed by atoms with Crippen LogP contribution in [-0.2, 0) is 7.05 Å². The molecule has 0 spiro atoms. The minimum Gasteiger partial charge on any atom is -0.492 e. The van der Waals surface area contributed by atoms with Gasteiger partial charge in [0, 0.05) is 25.4 Å². The third-order valence-corrected chi connectivity index (χ3v) is 5.16. The summed E-state index contributed by atoms with van der Waals surface area (Å²) in [6.45, 7) is 1.51. The van der Waals surface area contributed by atoms with Gasteiger partial charge in [0.1, 0.15) is 5.75 Å². The zero-order valence-electron chi connectivity index (χ0n) is 14.7. The normalized spacial score (nSPS) is 20.5. The average molecular weight is 339 g/mol. The van der Waals surface area contributed by atoms with E-state index >= 15 is 0 Å². The van der Waals surface area contributed by atoms with Crippen LogP contribution in [-0.4, -0.2) is 33.7 Å². The minimum absolute atomic E-state index is 0.0694. The van der Waals surface area contributed by atoms with Gasteiger partial charge >= 0.3 is 0 Å². The number of hydrogen-bond acceptors (Lipinski definition) is 3. The summed E-state index contributed by atoms with van der Waals surface area (Å²) in [7, 11) is 1.92. The van der Waals surface area contributed by atoms with E-state index in [0.29, 0.717) is 11.5 Å². The summed E-state index contributed by atoms with van der Waals surface area (Å²) >= 11 is 0. The van der Waals surface area contributed by atoms with Crippen LogP contribution in [0.4, 0.5) is 0 Å². The Balaban J connectivity index is 1.57. The SMILES string of the molecule is Cn1cc(C2CCCCN2C(=O)c2ccccc2OCC2CC2)cn1. The number of carbonyl (C=O) groups is 1. The highest BCUT2D eigenvalue weighted by Crippen LogP contribution is 2.34. The van der Waals surface area contributed by atoms with Crippen molar-refractivity contribution in [3.05, 3.63) is 47.8 Å². The molecule has 1 saturated heterocycles. The Hall–Kier alpha value is -2.30. The third kappa shape index (κ3) is 3.55. The topological polar surface area (TPSA) is 47.4 Å². The fourth-order valence-corrected chi connectivity index (χ4v) is 3.55. The lowest BCUT2D eigenvalue weighted by atomic mass is 9.96. The minimum atomic E-state index is 0.0694. The van der Waals surface area contributed by atoms with Crippen LogP contribution in [0.5, 0.6) is 5.75 Å². The van der Waals surface area contributed by atoms with Crippen LogP contribution >= 0.6 is 0 Å². The van der Waals surface area contributed by atoms with Crippen molar-refractivity contribution in [2.45, 2.75) is 38.1 Å². The molecule has 1 aliphatic heterocycles. The lowest BCUT2D eigenvalue weighted by Gasteiger charge is -2.35. The van der Waals surface area contributed by atoms with Crippen molar-refractivity contribution in [1.29, 1.82) is 0 Å². The summed E-state index contributed by atoms with van der Waals surface area (Å²) in [5, 5.41) is 4.29. The smallest absolute Gasteiger partial charge is 0.258 e. The van der Waals surface area contributed by atoms with Gasteiger partial charge in [-0.15, -0.1) is 0 Å². The van der Waals surface area contributed by atoms with Gasteiger partial charge in [-0.05, 0) is 50.2 Å². The van der Waals surface area contributed by atoms with Gasteiger partial charge < -0.3 is 9.64 Å². The predicted molar refractivity (Wildman–Crippen MR) is 95.5 cm³/mol. The second-order valence-corrected chi connectivity index (χ2v) is 7.21. The van der Waals surface area contributed by atoms with Crippen LogP contribution in [0.3, 0.4) is 0 Å². The number of nitrogens with zero attached hydrogens (tertiary/aromatic N) is 3. The molecule has 2 heterocycles. The lowest BCUT2D eigenvalue weighted by molar-refractivity contribution is 0.0607. The third-order valence-electron chi connectivity index (χ3n) is 5.16. The molecule has 2 fully saturated rings. The molecule has 0 radical (unpaired) electrons. The van der Waals surface area contributed by atoms with E-state index in [1.54, 1.807) is 4.68 Å². The average Bonchev–Trinajstić information content (AvgIpc) is 3.38. The summed E-state index contributed by atoms with van der Waals surface area (Å²) in [5.74, 6) is 1.45. The van der Waals surface area contributed by atoms with Gasteiger partial charge in [0.2, 0.25) is 0 Å². The predicted octanol–water partition coefficient (Wildman–Crippen LogP) is 3.58. The highest BCUT2D eigenvalue weighted by Gasteiger charge is 2.31. The van der Waals surface area contributed by atoms with Crippen LogP contribution in [0.25, 0.3) is 0 Å². The molecule has 2 aliphatic rings. The van der Waals surface area contributed by atoms with E-state index in [1.807, 2.05) is 48.6 Å². The van der Waals surface area contributed by atoms with E-state index < -0.39 is 0 Å². The van der Waals surface area contributed by atoms with E-state index in [4.69, 9.17) is 4.74 Å². The maximum absolute atomic E-state index is 13.3. The molecule has 1 aliphatic carbocycles. The van der Waals surface area contributed by atoms with Gasteiger partial charge in [0.15, 0.2) is 0 Å². The Bertz CT molecular complexity index is 751. The molecule has 25 heavy (non-hydrogen) atoms. The summed E-state index contributed by atoms with van der Waals surface area (Å²) in [6.07, 6.45) is 9.56. The number of benzene rings is 1. The van der Waals surface area contributed by atoms with E-state index in [9.17, 15) is 4.79 Å². The fourth-order valence-electron chi connectivity index (χ4n) is 3.55. The first kappa shape index (κ1) is 16.2. The molecule has 5 heteroatoms. The first-order valence-corrected chi connectivity index (χ1v) is 9.23. The van der Waals surface area contributed by atoms with Crippen LogP contribution in [0.15, 0.2) is 36.7 Å². The standard InChI is InChI=1S/C20H25N3O2/c1-22-13-16(12-21-22)18-7-4-5-11-23(18)20(24)17-6-2-3-8-19(17)25-14-15-9-10-15/h2-3,6,8,12-13,15,18H,4-5,7,9-11,14H2,1H3.